The molecule has 0 bridgehead atoms. The summed E-state index contributed by atoms with van der Waals surface area (Å²) >= 11 is 0. The number of anilines is 1. The maximum absolute atomic E-state index is 12.6. The second-order valence-corrected chi connectivity index (χ2v) is 7.26. The average molecular weight is 314 g/mol. The summed E-state index contributed by atoms with van der Waals surface area (Å²) in [5.41, 5.74) is 2.54. The highest BCUT2D eigenvalue weighted by atomic mass is 16.2. The molecule has 1 aliphatic carbocycles. The first kappa shape index (κ1) is 16.4. The van der Waals surface area contributed by atoms with Gasteiger partial charge in [-0.2, -0.15) is 0 Å². The van der Waals surface area contributed by atoms with E-state index in [0.717, 1.165) is 38.4 Å². The third kappa shape index (κ3) is 4.27. The average Bonchev–Trinajstić information content (AvgIpc) is 2.75. The van der Waals surface area contributed by atoms with Gasteiger partial charge in [0.15, 0.2) is 0 Å². The molecule has 2 aliphatic rings. The van der Waals surface area contributed by atoms with Crippen molar-refractivity contribution < 1.29 is 4.79 Å². The van der Waals surface area contributed by atoms with E-state index >= 15 is 0 Å². The van der Waals surface area contributed by atoms with Gasteiger partial charge in [0, 0.05) is 38.8 Å². The van der Waals surface area contributed by atoms with Gasteiger partial charge in [0.2, 0.25) is 5.91 Å². The standard InChI is InChI=1S/C20H30N2O/c1-21-14-15-22(16-18-11-5-6-12-19(18)21)20(23)13-7-10-17-8-3-2-4-9-17/h5-6,11-12,17H,2-4,7-10,13-16H2,1H3. The molecule has 0 saturated heterocycles. The second-order valence-electron chi connectivity index (χ2n) is 7.26. The zero-order valence-electron chi connectivity index (χ0n) is 14.5. The van der Waals surface area contributed by atoms with Crippen molar-refractivity contribution in [2.45, 2.75) is 57.9 Å². The Morgan fingerprint density at radius 1 is 1.13 bits per heavy atom. The van der Waals surface area contributed by atoms with Gasteiger partial charge in [0.05, 0.1) is 0 Å². The van der Waals surface area contributed by atoms with Crippen LogP contribution in [0.1, 0.15) is 56.9 Å². The van der Waals surface area contributed by atoms with E-state index in [0.29, 0.717) is 5.91 Å². The minimum atomic E-state index is 0.339. The third-order valence-electron chi connectivity index (χ3n) is 5.55. The molecule has 1 amide bonds. The molecule has 23 heavy (non-hydrogen) atoms. The zero-order valence-corrected chi connectivity index (χ0v) is 14.5. The predicted octanol–water partition coefficient (Wildman–Crippen LogP) is 4.22. The molecule has 1 heterocycles. The first-order chi connectivity index (χ1) is 11.2. The quantitative estimate of drug-likeness (QED) is 0.831. The summed E-state index contributed by atoms with van der Waals surface area (Å²) in [4.78, 5) is 16.9. The van der Waals surface area contributed by atoms with Gasteiger partial charge in [-0.3, -0.25) is 4.79 Å². The van der Waals surface area contributed by atoms with E-state index < -0.39 is 0 Å². The Morgan fingerprint density at radius 3 is 2.74 bits per heavy atom. The Labute approximate surface area is 140 Å². The molecule has 1 aliphatic heterocycles. The third-order valence-corrected chi connectivity index (χ3v) is 5.55. The molecule has 0 N–H and O–H groups in total. The molecular formula is C20H30N2O. The number of carbonyl (C=O) groups excluding carboxylic acids is 1. The number of rotatable bonds is 4. The number of likely N-dealkylation sites (N-methyl/N-ethyl adjacent to an activating group) is 1. The highest BCUT2D eigenvalue weighted by molar-refractivity contribution is 5.76. The number of amides is 1. The highest BCUT2D eigenvalue weighted by Gasteiger charge is 2.21. The Kier molecular flexibility index (Phi) is 5.58. The van der Waals surface area contributed by atoms with Gasteiger partial charge >= 0.3 is 0 Å². The lowest BCUT2D eigenvalue weighted by Gasteiger charge is -2.23. The monoisotopic (exact) mass is 314 g/mol. The van der Waals surface area contributed by atoms with Gasteiger partial charge in [-0.05, 0) is 30.4 Å². The summed E-state index contributed by atoms with van der Waals surface area (Å²) in [5.74, 6) is 1.22. The molecule has 0 aromatic heterocycles. The second kappa shape index (κ2) is 7.85. The first-order valence-electron chi connectivity index (χ1n) is 9.31. The molecule has 1 aromatic carbocycles. The van der Waals surface area contributed by atoms with E-state index in [-0.39, 0.29) is 0 Å². The van der Waals surface area contributed by atoms with E-state index in [2.05, 4.69) is 41.1 Å². The van der Waals surface area contributed by atoms with Crippen LogP contribution < -0.4 is 4.90 Å². The van der Waals surface area contributed by atoms with Gasteiger partial charge < -0.3 is 9.80 Å². The van der Waals surface area contributed by atoms with Crippen LogP contribution in [0.5, 0.6) is 0 Å². The Balaban J connectivity index is 1.51. The Hall–Kier alpha value is -1.51. The van der Waals surface area contributed by atoms with Crippen LogP contribution in [0.25, 0.3) is 0 Å². The van der Waals surface area contributed by atoms with E-state index in [1.54, 1.807) is 0 Å². The molecule has 3 rings (SSSR count). The summed E-state index contributed by atoms with van der Waals surface area (Å²) in [7, 11) is 2.12. The van der Waals surface area contributed by atoms with Crippen molar-refractivity contribution >= 4 is 11.6 Å². The number of carbonyl (C=O) groups is 1. The minimum absolute atomic E-state index is 0.339. The normalized spacial score (nSPS) is 19.3. The van der Waals surface area contributed by atoms with Gasteiger partial charge in [-0.25, -0.2) is 0 Å². The van der Waals surface area contributed by atoms with Crippen molar-refractivity contribution in [3.8, 4) is 0 Å². The van der Waals surface area contributed by atoms with Crippen molar-refractivity contribution in [3.63, 3.8) is 0 Å². The van der Waals surface area contributed by atoms with Crippen LogP contribution in [0.2, 0.25) is 0 Å². The smallest absolute Gasteiger partial charge is 0.222 e. The fourth-order valence-corrected chi connectivity index (χ4v) is 4.08. The topological polar surface area (TPSA) is 23.6 Å². The molecule has 0 atom stereocenters. The fraction of sp³-hybridized carbons (Fsp3) is 0.650. The van der Waals surface area contributed by atoms with E-state index in [9.17, 15) is 4.79 Å². The first-order valence-corrected chi connectivity index (χ1v) is 9.31. The van der Waals surface area contributed by atoms with Crippen LogP contribution in [0, 0.1) is 5.92 Å². The molecule has 3 nitrogen and oxygen atoms in total. The number of nitrogens with zero attached hydrogens (tertiary/aromatic N) is 2. The number of benzene rings is 1. The molecule has 3 heteroatoms. The lowest BCUT2D eigenvalue weighted by Crippen LogP contribution is -2.34. The molecule has 1 aromatic rings. The fourth-order valence-electron chi connectivity index (χ4n) is 4.08. The van der Waals surface area contributed by atoms with Crippen molar-refractivity contribution in [1.82, 2.24) is 4.90 Å². The van der Waals surface area contributed by atoms with Crippen LogP contribution in [0.3, 0.4) is 0 Å². The maximum Gasteiger partial charge on any atom is 0.222 e. The number of hydrogen-bond donors (Lipinski definition) is 0. The van der Waals surface area contributed by atoms with E-state index in [4.69, 9.17) is 0 Å². The molecule has 0 unspecified atom stereocenters. The van der Waals surface area contributed by atoms with Crippen LogP contribution in [-0.2, 0) is 11.3 Å². The molecule has 0 radical (unpaired) electrons. The molecule has 1 saturated carbocycles. The summed E-state index contributed by atoms with van der Waals surface area (Å²) in [5, 5.41) is 0. The summed E-state index contributed by atoms with van der Waals surface area (Å²) < 4.78 is 0. The maximum atomic E-state index is 12.6. The van der Waals surface area contributed by atoms with E-state index in [1.807, 2.05) is 0 Å². The lowest BCUT2D eigenvalue weighted by atomic mass is 9.86. The van der Waals surface area contributed by atoms with Crippen LogP contribution >= 0.6 is 0 Å². The molecule has 126 valence electrons. The molecule has 0 spiro atoms. The SMILES string of the molecule is CN1CCN(C(=O)CCCC2CCCCC2)Cc2ccccc21. The Morgan fingerprint density at radius 2 is 1.91 bits per heavy atom. The minimum Gasteiger partial charge on any atom is -0.373 e. The van der Waals surface area contributed by atoms with Gasteiger partial charge in [-0.15, -0.1) is 0 Å². The largest absolute Gasteiger partial charge is 0.373 e. The summed E-state index contributed by atoms with van der Waals surface area (Å²) in [6.45, 7) is 2.53. The molecular weight excluding hydrogens is 284 g/mol. The predicted molar refractivity (Wildman–Crippen MR) is 95.6 cm³/mol. The number of fused-ring (bicyclic) bond motifs is 1. The number of para-hydroxylation sites is 1. The summed E-state index contributed by atoms with van der Waals surface area (Å²) in [6, 6.07) is 8.46. The van der Waals surface area contributed by atoms with E-state index in [1.165, 1.54) is 49.8 Å². The van der Waals surface area contributed by atoms with Gasteiger partial charge in [0.25, 0.3) is 0 Å². The van der Waals surface area contributed by atoms with Gasteiger partial charge in [-0.1, -0.05) is 50.3 Å². The van der Waals surface area contributed by atoms with Crippen molar-refractivity contribution in [3.05, 3.63) is 29.8 Å². The van der Waals surface area contributed by atoms with Crippen molar-refractivity contribution in [1.29, 1.82) is 0 Å². The van der Waals surface area contributed by atoms with Crippen LogP contribution in [-0.4, -0.2) is 30.9 Å². The Bertz CT molecular complexity index is 522. The van der Waals surface area contributed by atoms with Crippen LogP contribution in [0.4, 0.5) is 5.69 Å². The zero-order chi connectivity index (χ0) is 16.1. The van der Waals surface area contributed by atoms with Crippen LogP contribution in [0.15, 0.2) is 24.3 Å². The van der Waals surface area contributed by atoms with Gasteiger partial charge in [0.1, 0.15) is 0 Å². The molecule has 1 fully saturated rings. The highest BCUT2D eigenvalue weighted by Crippen LogP contribution is 2.28. The van der Waals surface area contributed by atoms with Crippen molar-refractivity contribution in [2.75, 3.05) is 25.0 Å². The van der Waals surface area contributed by atoms with Crippen molar-refractivity contribution in [2.24, 2.45) is 5.92 Å². The lowest BCUT2D eigenvalue weighted by molar-refractivity contribution is -0.131. The number of hydrogen-bond acceptors (Lipinski definition) is 2. The summed E-state index contributed by atoms with van der Waals surface area (Å²) in [6.07, 6.45) is 10.0.